The summed E-state index contributed by atoms with van der Waals surface area (Å²) in [5.74, 6) is -34.8. The van der Waals surface area contributed by atoms with Crippen molar-refractivity contribution in [2.24, 2.45) is 112 Å². The molecule has 0 saturated carbocycles. The van der Waals surface area contributed by atoms with E-state index in [0.29, 0.717) is 36.4 Å². The van der Waals surface area contributed by atoms with Crippen molar-refractivity contribution in [2.75, 3.05) is 172 Å². The van der Waals surface area contributed by atoms with Crippen molar-refractivity contribution in [1.29, 1.82) is 0 Å². The third-order valence-corrected chi connectivity index (χ3v) is 26.8. The van der Waals surface area contributed by atoms with Crippen LogP contribution in [-0.4, -0.2) is 331 Å². The molecule has 7 rings (SSSR count). The van der Waals surface area contributed by atoms with Gasteiger partial charge in [-0.3, -0.25) is 91.3 Å². The summed E-state index contributed by atoms with van der Waals surface area (Å²) in [5.41, 5.74) is 14.9. The van der Waals surface area contributed by atoms with E-state index in [0.717, 1.165) is 73.1 Å². The summed E-state index contributed by atoms with van der Waals surface area (Å²) in [7, 11) is 20.0. The predicted octanol–water partition coefficient (Wildman–Crippen LogP) is 7.22. The van der Waals surface area contributed by atoms with Gasteiger partial charge in [-0.25, -0.2) is 0 Å². The second-order valence-electron chi connectivity index (χ2n) is 39.0. The van der Waals surface area contributed by atoms with Gasteiger partial charge in [0.25, 0.3) is 11.8 Å². The quantitative estimate of drug-likeness (QED) is 0.00665. The molecular formula is C106H167N11O31. The number of benzene rings is 3. The van der Waals surface area contributed by atoms with Gasteiger partial charge in [0.1, 0.15) is 0 Å². The summed E-state index contributed by atoms with van der Waals surface area (Å²) < 4.78 is 55.6. The summed E-state index contributed by atoms with van der Waals surface area (Å²) in [6, 6.07) is 21.4. The number of hydrogen-bond acceptors (Lipinski definition) is 33. The average Bonchev–Trinajstić information content (AvgIpc) is 1.59. The minimum absolute atomic E-state index is 0.00314. The molecular weight excluding hydrogens is 1920 g/mol. The fraction of sp³-hybridized carbons (Fsp3) is 0.670. The number of nitrogens with zero attached hydrogens (tertiary/aromatic N) is 5. The first-order valence-corrected chi connectivity index (χ1v) is 50.7. The third kappa shape index (κ3) is 38.3. The fourth-order valence-electron chi connectivity index (χ4n) is 18.5. The molecule has 832 valence electrons. The Bertz CT molecular complexity index is 4720. The van der Waals surface area contributed by atoms with Crippen molar-refractivity contribution < 1.29 is 149 Å². The van der Waals surface area contributed by atoms with E-state index in [4.69, 9.17) is 59.2 Å². The number of aliphatic hydroxyl groups excluding tert-OH is 1. The molecule has 21 unspecified atom stereocenters. The lowest BCUT2D eigenvalue weighted by molar-refractivity contribution is -0.169. The number of amides is 8. The van der Waals surface area contributed by atoms with Gasteiger partial charge in [0.2, 0.25) is 35.4 Å². The van der Waals surface area contributed by atoms with Crippen molar-refractivity contribution in [2.45, 2.75) is 203 Å². The Morgan fingerprint density at radius 2 is 0.804 bits per heavy atom. The van der Waals surface area contributed by atoms with Crippen LogP contribution in [0.2, 0.25) is 0 Å². The van der Waals surface area contributed by atoms with E-state index in [-0.39, 0.29) is 107 Å². The number of carboxylic acid groups (broad SMARTS) is 3. The Kier molecular flexibility index (Phi) is 58.6. The number of ether oxygens (including phenoxy) is 10. The maximum atomic E-state index is 15.5. The third-order valence-electron chi connectivity index (χ3n) is 26.8. The van der Waals surface area contributed by atoms with E-state index in [1.807, 2.05) is 88.2 Å². The van der Waals surface area contributed by atoms with Crippen LogP contribution in [-0.2, 0) is 114 Å². The summed E-state index contributed by atoms with van der Waals surface area (Å²) in [6.45, 7) is 21.9. The molecule has 3 aromatic rings. The molecule has 0 aromatic heterocycles. The van der Waals surface area contributed by atoms with E-state index in [9.17, 15) is 72.9 Å². The lowest BCUT2D eigenvalue weighted by Crippen LogP contribution is -2.50. The van der Waals surface area contributed by atoms with Crippen molar-refractivity contribution in [3.63, 3.8) is 0 Å². The van der Waals surface area contributed by atoms with Crippen LogP contribution in [0, 0.1) is 101 Å². The molecule has 0 aliphatic carbocycles. The number of esters is 5. The van der Waals surface area contributed by atoms with E-state index in [1.54, 1.807) is 97.0 Å². The summed E-state index contributed by atoms with van der Waals surface area (Å²) in [6.07, 6.45) is -8.91. The predicted molar refractivity (Wildman–Crippen MR) is 550 cm³/mol. The lowest BCUT2D eigenvalue weighted by atomic mass is 9.72. The number of carboxylic acids is 3. The number of rotatable bonds is 59. The molecule has 4 heterocycles. The minimum Gasteiger partial charge on any atom is -0.481 e. The molecule has 0 spiro atoms. The molecule has 4 saturated heterocycles. The van der Waals surface area contributed by atoms with Gasteiger partial charge >= 0.3 is 47.8 Å². The number of imide groups is 2. The average molecular weight is 2090 g/mol. The van der Waals surface area contributed by atoms with Gasteiger partial charge in [0, 0.05) is 178 Å². The molecule has 3 aromatic carbocycles. The number of aliphatic hydroxyl groups is 1. The zero-order valence-corrected chi connectivity index (χ0v) is 91.0. The van der Waals surface area contributed by atoms with E-state index < -0.39 is 235 Å². The van der Waals surface area contributed by atoms with Gasteiger partial charge in [0.15, 0.2) is 5.78 Å². The van der Waals surface area contributed by atoms with Crippen molar-refractivity contribution >= 4 is 118 Å². The Labute approximate surface area is 870 Å². The van der Waals surface area contributed by atoms with Crippen LogP contribution in [0.25, 0.3) is 0 Å². The highest BCUT2D eigenvalue weighted by Gasteiger charge is 2.60. The zero-order valence-electron chi connectivity index (χ0n) is 91.0. The number of anilines is 3. The van der Waals surface area contributed by atoms with Crippen LogP contribution < -0.4 is 47.4 Å². The summed E-state index contributed by atoms with van der Waals surface area (Å²) in [5, 5.41) is 52.4. The molecule has 8 amide bonds. The highest BCUT2D eigenvalue weighted by atomic mass is 16.6. The second kappa shape index (κ2) is 66.3. The van der Waals surface area contributed by atoms with Crippen molar-refractivity contribution in [3.8, 4) is 0 Å². The van der Waals surface area contributed by atoms with Gasteiger partial charge in [-0.1, -0.05) is 69.2 Å². The van der Waals surface area contributed by atoms with Crippen LogP contribution in [0.3, 0.4) is 0 Å². The molecule has 21 atom stereocenters. The van der Waals surface area contributed by atoms with Gasteiger partial charge < -0.3 is 115 Å². The van der Waals surface area contributed by atoms with Crippen LogP contribution in [0.5, 0.6) is 0 Å². The summed E-state index contributed by atoms with van der Waals surface area (Å²) in [4.78, 5) is 241. The van der Waals surface area contributed by atoms with Gasteiger partial charge in [-0.2, -0.15) is 0 Å². The highest BCUT2D eigenvalue weighted by molar-refractivity contribution is 6.07. The van der Waals surface area contributed by atoms with E-state index >= 15 is 24.0 Å². The number of aliphatic carboxylic acids is 3. The number of unbranched alkanes of at least 4 members (excludes halogenated alkanes) is 1. The maximum Gasteiger partial charge on any atom is 0.320 e. The molecule has 4 aliphatic heterocycles. The molecule has 4 aliphatic rings. The second-order valence-corrected chi connectivity index (χ2v) is 39.0. The number of carbonyl (C=O) groups excluding carboxylic acids is 14. The van der Waals surface area contributed by atoms with Crippen LogP contribution in [0.4, 0.5) is 17.1 Å². The Morgan fingerprint density at radius 1 is 0.419 bits per heavy atom. The van der Waals surface area contributed by atoms with Crippen LogP contribution in [0.15, 0.2) is 72.8 Å². The van der Waals surface area contributed by atoms with Crippen LogP contribution in [0.1, 0.15) is 191 Å². The molecule has 0 radical (unpaired) electrons. The normalized spacial score (nSPS) is 20.1. The van der Waals surface area contributed by atoms with E-state index in [1.165, 1.54) is 42.3 Å². The standard InChI is InChI=1S/C78H116N8O25.C13H20N2O.C9H14O4.C4H11N.C2H6O/c1-18-53(104-12)60(67(89)81-31-20-30-79-65(87)44-22-26-46(27-23-44)83(8)9)50(73(95)96)36-57(108-16)62-48(69(91)85(71(62)93)33-21-32-80-66(88)45-24-28-47(29-25-45)84(10)11)35-56(107-15)63-49(70(92)86(72(63)94)40-42(5)6)34-55(106-14)61(68(90)82-39-41(3)4)51(74(97)98)37-58(109-17)64(77(102)110-19-2)52(75(99)100)38-54(105-13)59-43(7)76(101)111-78(59)103;1-15(2)12-8-6-11(7-9-12)13(16)5-3-4-10-14;1-4-6(12-3)7-5(2)8(10)13-9(7)11;1-4(2)3-5;1-2-3/h22-29,41-43,48-64H,18-21,30-40H2,1-17H3,(H,79,87)(H,80,88)(H,81,89)(H,82,90)(H,95,96)(H,97,98)(H,99,100);6-9H,3-5,10,14H2,1-2H3;5-7H,4H2,1-3H3;4H,3,5H2,1-2H3;3H,2H2,1H3. The topological polar surface area (TPSA) is 580 Å². The SMILES string of the molecule is CC(C)CN.CCC(OC)C1C(=O)OC(=O)C1C.CCO.CCOC(=O)C(C(CC(C(=O)O)C(C(=O)NCC(C)C)C(CC1C(=O)N(CC(C)C)C(=O)C1C(CC1C(=O)N(CCCNC(=O)c2ccc(N(C)C)cc2)C(=O)C1C(CC(C(=O)O)C(C(=O)NCCCNC(=O)c1ccc(N(C)C)cc1)C(CC)OC)OC)OC)OC)OC)C(CC(OC)C1C(=O)OC(=O)C1C)C(=O)O.CN(C)c1ccc(C(=O)CCCCN)cc1. The highest BCUT2D eigenvalue weighted by Crippen LogP contribution is 2.46. The van der Waals surface area contributed by atoms with Gasteiger partial charge in [-0.15, -0.1) is 0 Å². The van der Waals surface area contributed by atoms with Crippen LogP contribution >= 0.6 is 0 Å². The molecule has 42 heteroatoms. The van der Waals surface area contributed by atoms with E-state index in [2.05, 4.69) is 39.9 Å². The number of hydrogen-bond donors (Lipinski definition) is 10. The zero-order chi connectivity index (χ0) is 112. The number of methoxy groups -OCH3 is 7. The van der Waals surface area contributed by atoms with Crippen molar-refractivity contribution in [1.82, 2.24) is 31.1 Å². The summed E-state index contributed by atoms with van der Waals surface area (Å²) >= 11 is 0. The molecule has 148 heavy (non-hydrogen) atoms. The van der Waals surface area contributed by atoms with Gasteiger partial charge in [0.05, 0.1) is 132 Å². The van der Waals surface area contributed by atoms with Crippen molar-refractivity contribution in [3.05, 3.63) is 89.5 Å². The Balaban J connectivity index is 0.00000126. The first-order chi connectivity index (χ1) is 70.0. The monoisotopic (exact) mass is 2090 g/mol. The minimum atomic E-state index is -1.99. The Morgan fingerprint density at radius 3 is 1.19 bits per heavy atom. The number of carbonyl (C=O) groups is 17. The number of likely N-dealkylation sites (tertiary alicyclic amines) is 2. The molecule has 4 fully saturated rings. The fourth-order valence-corrected chi connectivity index (χ4v) is 18.5. The number of cyclic esters (lactones) is 4. The maximum absolute atomic E-state index is 15.5. The smallest absolute Gasteiger partial charge is 0.320 e. The Hall–Kier alpha value is -11.3. The first kappa shape index (κ1) is 131. The number of nitrogens with two attached hydrogens (primary N) is 2. The number of nitrogens with one attached hydrogen (secondary N) is 4. The number of ketones is 1. The molecule has 42 nitrogen and oxygen atoms in total. The molecule has 0 bridgehead atoms. The molecule has 12 N–H and O–H groups in total. The van der Waals surface area contributed by atoms with Gasteiger partial charge in [-0.05, 0) is 188 Å². The first-order valence-electron chi connectivity index (χ1n) is 50.7. The lowest BCUT2D eigenvalue weighted by Gasteiger charge is -2.36. The largest absolute Gasteiger partial charge is 0.481 e. The number of Topliss-reactive ketones (excluding diaryl/α,β-unsaturated/α-hetero) is 1.